The summed E-state index contributed by atoms with van der Waals surface area (Å²) in [4.78, 5) is 13.0. The Morgan fingerprint density at radius 1 is 1.69 bits per heavy atom. The summed E-state index contributed by atoms with van der Waals surface area (Å²) in [6.07, 6.45) is 7.76. The lowest BCUT2D eigenvalue weighted by Gasteiger charge is -2.27. The minimum Gasteiger partial charge on any atom is -0.452 e. The fourth-order valence-corrected chi connectivity index (χ4v) is 1.60. The van der Waals surface area contributed by atoms with Crippen molar-refractivity contribution in [2.24, 2.45) is 0 Å². The van der Waals surface area contributed by atoms with Gasteiger partial charge in [-0.3, -0.25) is 4.90 Å². The molecule has 0 aromatic rings. The van der Waals surface area contributed by atoms with Crippen LogP contribution in [0.15, 0.2) is 23.9 Å². The fraction of sp³-hybridized carbons (Fsp3) is 0.500. The zero-order valence-corrected chi connectivity index (χ0v) is 9.64. The van der Waals surface area contributed by atoms with Crippen LogP contribution in [0.5, 0.6) is 0 Å². The maximum absolute atomic E-state index is 11.5. The van der Waals surface area contributed by atoms with Crippen molar-refractivity contribution in [1.82, 2.24) is 4.90 Å². The van der Waals surface area contributed by atoms with E-state index in [1.165, 1.54) is 12.0 Å². The molecule has 0 bridgehead atoms. The summed E-state index contributed by atoms with van der Waals surface area (Å²) in [5.74, 6) is 0. The molecule has 4 heteroatoms. The standard InChI is InChI=1S/C12H16N2O2/c1-3-4-5-11-7-6-10(8-13)9-14(11)12(15)16-2/h6-7,9,11H,3-5H2,1-2H3. The van der Waals surface area contributed by atoms with Crippen molar-refractivity contribution in [1.29, 1.82) is 5.26 Å². The number of carbonyl (C=O) groups is 1. The molecule has 0 spiro atoms. The molecule has 1 amide bonds. The van der Waals surface area contributed by atoms with Gasteiger partial charge in [-0.25, -0.2) is 4.79 Å². The van der Waals surface area contributed by atoms with Crippen LogP contribution in [0.1, 0.15) is 26.2 Å². The average molecular weight is 220 g/mol. The number of nitrogens with zero attached hydrogens (tertiary/aromatic N) is 2. The fourth-order valence-electron chi connectivity index (χ4n) is 1.60. The number of rotatable bonds is 3. The Hall–Kier alpha value is -1.76. The lowest BCUT2D eigenvalue weighted by molar-refractivity contribution is 0.130. The molecule has 1 heterocycles. The van der Waals surface area contributed by atoms with Gasteiger partial charge in [-0.2, -0.15) is 5.26 Å². The van der Waals surface area contributed by atoms with Gasteiger partial charge in [0.05, 0.1) is 18.7 Å². The van der Waals surface area contributed by atoms with Crippen LogP contribution in [-0.2, 0) is 4.74 Å². The third kappa shape index (κ3) is 2.86. The minimum atomic E-state index is -0.418. The number of ether oxygens (including phenoxy) is 1. The van der Waals surface area contributed by atoms with Crippen LogP contribution in [0.25, 0.3) is 0 Å². The van der Waals surface area contributed by atoms with Crippen LogP contribution < -0.4 is 0 Å². The number of hydrogen-bond donors (Lipinski definition) is 0. The number of hydrogen-bond acceptors (Lipinski definition) is 3. The molecule has 0 saturated carbocycles. The van der Waals surface area contributed by atoms with Crippen LogP contribution in [-0.4, -0.2) is 24.1 Å². The Kier molecular flexibility index (Phi) is 4.59. The number of amides is 1. The molecule has 0 saturated heterocycles. The maximum atomic E-state index is 11.5. The quantitative estimate of drug-likeness (QED) is 0.734. The number of carbonyl (C=O) groups excluding carboxylic acids is 1. The molecule has 1 unspecified atom stereocenters. The van der Waals surface area contributed by atoms with Gasteiger partial charge in [-0.05, 0) is 12.5 Å². The predicted octanol–water partition coefficient (Wildman–Crippen LogP) is 2.59. The summed E-state index contributed by atoms with van der Waals surface area (Å²) in [6, 6.07) is 2.02. The first-order valence-corrected chi connectivity index (χ1v) is 5.39. The number of methoxy groups -OCH3 is 1. The van der Waals surface area contributed by atoms with Gasteiger partial charge in [0.15, 0.2) is 0 Å². The van der Waals surface area contributed by atoms with Gasteiger partial charge in [0.1, 0.15) is 6.07 Å². The summed E-state index contributed by atoms with van der Waals surface area (Å²) in [5, 5.41) is 8.78. The van der Waals surface area contributed by atoms with Crippen LogP contribution >= 0.6 is 0 Å². The van der Waals surface area contributed by atoms with Crippen molar-refractivity contribution < 1.29 is 9.53 Å². The summed E-state index contributed by atoms with van der Waals surface area (Å²) in [7, 11) is 1.34. The van der Waals surface area contributed by atoms with Crippen molar-refractivity contribution in [3.05, 3.63) is 23.9 Å². The summed E-state index contributed by atoms with van der Waals surface area (Å²) >= 11 is 0. The van der Waals surface area contributed by atoms with Gasteiger partial charge in [0.2, 0.25) is 0 Å². The lowest BCUT2D eigenvalue weighted by atomic mass is 10.0. The van der Waals surface area contributed by atoms with Crippen LogP contribution in [0.2, 0.25) is 0 Å². The van der Waals surface area contributed by atoms with Gasteiger partial charge >= 0.3 is 6.09 Å². The minimum absolute atomic E-state index is 0.00417. The molecule has 0 aliphatic carbocycles. The van der Waals surface area contributed by atoms with Crippen molar-refractivity contribution in [2.75, 3.05) is 7.11 Å². The van der Waals surface area contributed by atoms with Crippen molar-refractivity contribution in [3.63, 3.8) is 0 Å². The zero-order chi connectivity index (χ0) is 12.0. The predicted molar refractivity (Wildman–Crippen MR) is 60.4 cm³/mol. The average Bonchev–Trinajstić information content (AvgIpc) is 2.35. The highest BCUT2D eigenvalue weighted by Gasteiger charge is 2.23. The van der Waals surface area contributed by atoms with E-state index in [2.05, 4.69) is 6.92 Å². The molecule has 1 rings (SSSR count). The number of nitriles is 1. The Morgan fingerprint density at radius 3 is 3.00 bits per heavy atom. The third-order valence-corrected chi connectivity index (χ3v) is 2.50. The molecule has 86 valence electrons. The van der Waals surface area contributed by atoms with Gasteiger partial charge in [-0.15, -0.1) is 0 Å². The molecule has 0 fully saturated rings. The maximum Gasteiger partial charge on any atom is 0.414 e. The van der Waals surface area contributed by atoms with Crippen LogP contribution in [0.4, 0.5) is 4.79 Å². The first-order chi connectivity index (χ1) is 7.72. The van der Waals surface area contributed by atoms with Crippen LogP contribution in [0, 0.1) is 11.3 Å². The van der Waals surface area contributed by atoms with Crippen molar-refractivity contribution in [3.8, 4) is 6.07 Å². The second kappa shape index (κ2) is 5.96. The molecule has 1 aliphatic rings. The Labute approximate surface area is 95.8 Å². The smallest absolute Gasteiger partial charge is 0.414 e. The Balaban J connectivity index is 2.78. The highest BCUT2D eigenvalue weighted by molar-refractivity contribution is 5.70. The molecule has 0 N–H and O–H groups in total. The summed E-state index contributed by atoms with van der Waals surface area (Å²) < 4.78 is 4.69. The van der Waals surface area contributed by atoms with E-state index in [1.807, 2.05) is 12.1 Å². The van der Waals surface area contributed by atoms with E-state index in [9.17, 15) is 4.79 Å². The first-order valence-electron chi connectivity index (χ1n) is 5.39. The van der Waals surface area contributed by atoms with Gasteiger partial charge in [0.25, 0.3) is 0 Å². The number of allylic oxidation sites excluding steroid dienone is 2. The Bertz CT molecular complexity index is 353. The Morgan fingerprint density at radius 2 is 2.44 bits per heavy atom. The molecular formula is C12H16N2O2. The van der Waals surface area contributed by atoms with Crippen molar-refractivity contribution >= 4 is 6.09 Å². The highest BCUT2D eigenvalue weighted by atomic mass is 16.5. The molecule has 0 aromatic carbocycles. The van der Waals surface area contributed by atoms with E-state index < -0.39 is 6.09 Å². The molecule has 1 atom stereocenters. The van der Waals surface area contributed by atoms with Gasteiger partial charge in [-0.1, -0.05) is 25.8 Å². The second-order valence-corrected chi connectivity index (χ2v) is 3.64. The largest absolute Gasteiger partial charge is 0.452 e. The second-order valence-electron chi connectivity index (χ2n) is 3.64. The topological polar surface area (TPSA) is 53.3 Å². The van der Waals surface area contributed by atoms with Crippen LogP contribution in [0.3, 0.4) is 0 Å². The zero-order valence-electron chi connectivity index (χ0n) is 9.64. The van der Waals surface area contributed by atoms with E-state index in [1.54, 1.807) is 12.3 Å². The molecule has 0 aromatic heterocycles. The summed E-state index contributed by atoms with van der Waals surface area (Å²) in [5.41, 5.74) is 0.471. The number of unbranched alkanes of at least 4 members (excludes halogenated alkanes) is 1. The highest BCUT2D eigenvalue weighted by Crippen LogP contribution is 2.18. The molecule has 16 heavy (non-hydrogen) atoms. The summed E-state index contributed by atoms with van der Waals surface area (Å²) in [6.45, 7) is 2.10. The van der Waals surface area contributed by atoms with E-state index in [-0.39, 0.29) is 6.04 Å². The normalized spacial score (nSPS) is 18.9. The molecule has 0 radical (unpaired) electrons. The van der Waals surface area contributed by atoms with Gasteiger partial charge in [0, 0.05) is 6.20 Å². The van der Waals surface area contributed by atoms with Crippen molar-refractivity contribution in [2.45, 2.75) is 32.2 Å². The third-order valence-electron chi connectivity index (χ3n) is 2.50. The van der Waals surface area contributed by atoms with E-state index in [0.29, 0.717) is 5.57 Å². The monoisotopic (exact) mass is 220 g/mol. The molecular weight excluding hydrogens is 204 g/mol. The molecule has 4 nitrogen and oxygen atoms in total. The van der Waals surface area contributed by atoms with Gasteiger partial charge < -0.3 is 4.74 Å². The lowest BCUT2D eigenvalue weighted by Crippen LogP contribution is -2.36. The van der Waals surface area contributed by atoms with E-state index in [0.717, 1.165) is 19.3 Å². The SMILES string of the molecule is CCCCC1C=CC(C#N)=CN1C(=O)OC. The van der Waals surface area contributed by atoms with E-state index >= 15 is 0 Å². The molecule has 1 aliphatic heterocycles. The van der Waals surface area contributed by atoms with E-state index in [4.69, 9.17) is 10.00 Å². The first kappa shape index (κ1) is 12.3.